The van der Waals surface area contributed by atoms with Gasteiger partial charge in [0.15, 0.2) is 0 Å². The van der Waals surface area contributed by atoms with Gasteiger partial charge in [0.1, 0.15) is 0 Å². The molecule has 0 rings (SSSR count). The van der Waals surface area contributed by atoms with Crippen LogP contribution in [0.4, 0.5) is 0 Å². The Morgan fingerprint density at radius 1 is 1.25 bits per heavy atom. The van der Waals surface area contributed by atoms with E-state index in [1.165, 1.54) is 0 Å². The topological polar surface area (TPSA) is 40.5 Å². The van der Waals surface area contributed by atoms with Crippen molar-refractivity contribution in [1.29, 1.82) is 0 Å². The number of hydrogen-bond donors (Lipinski definition) is 2. The molecule has 0 unspecified atom stereocenters. The maximum atomic E-state index is 7.09. The van der Waals surface area contributed by atoms with Gasteiger partial charge >= 0.3 is 23.8 Å². The maximum absolute atomic E-state index is 7.09. The molecular formula is H2CoO2Sn. The van der Waals surface area contributed by atoms with Crippen molar-refractivity contribution in [3.8, 4) is 0 Å². The molecule has 0 atom stereocenters. The van der Waals surface area contributed by atoms with Crippen molar-refractivity contribution in [2.45, 2.75) is 0 Å². The molecule has 2 nitrogen and oxygen atoms in total. The van der Waals surface area contributed by atoms with Crippen LogP contribution in [0.15, 0.2) is 0 Å². The Hall–Kier alpha value is 1.23. The quantitative estimate of drug-likeness (QED) is 0.479. The van der Waals surface area contributed by atoms with E-state index in [1.807, 2.05) is 0 Å². The first-order valence-electron chi connectivity index (χ1n) is 0.298. The first-order valence-corrected chi connectivity index (χ1v) is 1.23. The standard InChI is InChI=1S/Co.2H2O.Sn/h;2*1H2;/q+2;;;/p-2. The third-order valence-electron chi connectivity index (χ3n) is 0. The zero-order valence-corrected chi connectivity index (χ0v) is 5.62. The number of hydrogen-bond acceptors (Lipinski definition) is 2. The van der Waals surface area contributed by atoms with E-state index in [0.29, 0.717) is 0 Å². The third kappa shape index (κ3) is 10.6. The molecule has 0 aromatic rings. The van der Waals surface area contributed by atoms with Crippen LogP contribution in [-0.4, -0.2) is 32.3 Å². The zero-order chi connectivity index (χ0) is 2.71. The van der Waals surface area contributed by atoms with Crippen LogP contribution in [0.5, 0.6) is 0 Å². The fourth-order valence-electron chi connectivity index (χ4n) is 0. The van der Waals surface area contributed by atoms with Gasteiger partial charge in [0, 0.05) is 23.9 Å². The van der Waals surface area contributed by atoms with Crippen LogP contribution in [0.1, 0.15) is 0 Å². The summed E-state index contributed by atoms with van der Waals surface area (Å²) in [6.07, 6.45) is 0. The summed E-state index contributed by atoms with van der Waals surface area (Å²) in [7, 11) is 0. The molecule has 4 heavy (non-hydrogen) atoms. The van der Waals surface area contributed by atoms with Gasteiger partial charge in [0.2, 0.25) is 0 Å². The van der Waals surface area contributed by atoms with Gasteiger partial charge in [-0.1, -0.05) is 0 Å². The van der Waals surface area contributed by atoms with E-state index in [1.54, 1.807) is 0 Å². The Labute approximate surface area is 47.8 Å². The van der Waals surface area contributed by atoms with Crippen LogP contribution >= 0.6 is 0 Å². The molecule has 0 bridgehead atoms. The molecule has 0 aromatic heterocycles. The van der Waals surface area contributed by atoms with E-state index < -0.39 is 15.3 Å². The van der Waals surface area contributed by atoms with E-state index in [9.17, 15) is 0 Å². The monoisotopic (exact) mass is 213 g/mol. The van der Waals surface area contributed by atoms with Crippen LogP contribution in [0.25, 0.3) is 0 Å². The van der Waals surface area contributed by atoms with Crippen molar-refractivity contribution < 1.29 is 23.8 Å². The Morgan fingerprint density at radius 2 is 1.25 bits per heavy atom. The first-order chi connectivity index (χ1) is 1.41. The van der Waals surface area contributed by atoms with Crippen LogP contribution in [0.2, 0.25) is 0 Å². The van der Waals surface area contributed by atoms with Crippen molar-refractivity contribution in [2.24, 2.45) is 0 Å². The van der Waals surface area contributed by atoms with Crippen LogP contribution in [0, 0.1) is 0 Å². The second-order valence-electron chi connectivity index (χ2n) is 0.0667. The van der Waals surface area contributed by atoms with E-state index in [-0.39, 0.29) is 23.9 Å². The molecule has 0 amide bonds. The van der Waals surface area contributed by atoms with Gasteiger partial charge in [0.05, 0.1) is 0 Å². The van der Waals surface area contributed by atoms with Crippen LogP contribution in [-0.2, 0) is 15.3 Å². The molecule has 27 valence electrons. The molecule has 0 saturated carbocycles. The molecule has 0 heterocycles. The molecule has 0 spiro atoms. The summed E-state index contributed by atoms with van der Waals surface area (Å²) < 4.78 is 14.2. The average Bonchev–Trinajstić information content (AvgIpc) is 0.918. The fraction of sp³-hybridized carbons (Fsp3) is 0. The van der Waals surface area contributed by atoms with Gasteiger partial charge in [-0.05, 0) is 0 Å². The van der Waals surface area contributed by atoms with E-state index >= 15 is 0 Å². The average molecular weight is 212 g/mol. The zero-order valence-electron chi connectivity index (χ0n) is 1.73. The van der Waals surface area contributed by atoms with Crippen molar-refractivity contribution in [3.63, 3.8) is 0 Å². The molecule has 0 aliphatic carbocycles. The predicted octanol–water partition coefficient (Wildman–Crippen LogP) is -1.50. The minimum Gasteiger partial charge on any atom is 0 e. The van der Waals surface area contributed by atoms with Gasteiger partial charge in [0.25, 0.3) is 0 Å². The first kappa shape index (κ1) is 8.97. The summed E-state index contributed by atoms with van der Waals surface area (Å²) in [5.74, 6) is 0. The Morgan fingerprint density at radius 3 is 1.25 bits per heavy atom. The largest absolute Gasteiger partial charge is 0 e. The summed E-state index contributed by atoms with van der Waals surface area (Å²) in [6.45, 7) is 0. The number of rotatable bonds is 0. The molecular weight excluding hydrogens is 210 g/mol. The minimum atomic E-state index is -0.562. The van der Waals surface area contributed by atoms with Crippen LogP contribution < -0.4 is 0 Å². The van der Waals surface area contributed by atoms with Crippen molar-refractivity contribution >= 4 is 23.9 Å². The SMILES string of the molecule is [OH][Co][OH].[Sn]. The summed E-state index contributed by atoms with van der Waals surface area (Å²) in [6, 6.07) is 0. The van der Waals surface area contributed by atoms with Crippen molar-refractivity contribution in [2.75, 3.05) is 0 Å². The van der Waals surface area contributed by atoms with E-state index in [2.05, 4.69) is 0 Å². The molecule has 4 radical (unpaired) electrons. The Balaban J connectivity index is 0. The third-order valence-corrected chi connectivity index (χ3v) is 0. The summed E-state index contributed by atoms with van der Waals surface area (Å²) in [4.78, 5) is 0. The summed E-state index contributed by atoms with van der Waals surface area (Å²) in [5, 5.41) is 0. The van der Waals surface area contributed by atoms with E-state index in [4.69, 9.17) is 8.44 Å². The van der Waals surface area contributed by atoms with E-state index in [0.717, 1.165) is 0 Å². The molecule has 4 heteroatoms. The predicted molar refractivity (Wildman–Crippen MR) is 10.2 cm³/mol. The summed E-state index contributed by atoms with van der Waals surface area (Å²) >= 11 is -0.562. The second kappa shape index (κ2) is 8.88. The van der Waals surface area contributed by atoms with Gasteiger partial charge in [-0.3, -0.25) is 0 Å². The van der Waals surface area contributed by atoms with Gasteiger partial charge < -0.3 is 0 Å². The molecule has 0 saturated heterocycles. The van der Waals surface area contributed by atoms with Crippen molar-refractivity contribution in [3.05, 3.63) is 0 Å². The Kier molecular flexibility index (Phi) is 19.9. The fourth-order valence-corrected chi connectivity index (χ4v) is 0. The van der Waals surface area contributed by atoms with Gasteiger partial charge in [-0.2, -0.15) is 0 Å². The molecule has 0 aliphatic rings. The van der Waals surface area contributed by atoms with Crippen molar-refractivity contribution in [1.82, 2.24) is 0 Å². The molecule has 2 N–H and O–H groups in total. The minimum absolute atomic E-state index is 0. The summed E-state index contributed by atoms with van der Waals surface area (Å²) in [5.41, 5.74) is 0. The smallest absolute Gasteiger partial charge is 0 e. The molecule has 0 fully saturated rings. The second-order valence-corrected chi connectivity index (χ2v) is 0.275. The molecule has 0 aromatic carbocycles. The normalized spacial score (nSPS) is 5.50. The van der Waals surface area contributed by atoms with Gasteiger partial charge in [-0.25, -0.2) is 0 Å². The molecule has 0 aliphatic heterocycles. The van der Waals surface area contributed by atoms with Gasteiger partial charge in [-0.15, -0.1) is 0 Å². The van der Waals surface area contributed by atoms with Crippen LogP contribution in [0.3, 0.4) is 0 Å². The Bertz CT molecular complexity index is 6.00. The maximum Gasteiger partial charge on any atom is 0 e.